The average molecular weight is 240 g/mol. The highest BCUT2D eigenvalue weighted by molar-refractivity contribution is 5.47. The predicted octanol–water partition coefficient (Wildman–Crippen LogP) is 2.26. The van der Waals surface area contributed by atoms with E-state index in [9.17, 15) is 4.39 Å². The summed E-state index contributed by atoms with van der Waals surface area (Å²) < 4.78 is 19.0. The Balaban J connectivity index is 2.47. The first-order chi connectivity index (χ1) is 8.00. The highest BCUT2D eigenvalue weighted by atomic mass is 19.1. The highest BCUT2D eigenvalue weighted by Gasteiger charge is 2.09. The van der Waals surface area contributed by atoms with Crippen molar-refractivity contribution >= 4 is 5.69 Å². The van der Waals surface area contributed by atoms with Gasteiger partial charge in [-0.2, -0.15) is 0 Å². The lowest BCUT2D eigenvalue weighted by Crippen LogP contribution is -2.25. The van der Waals surface area contributed by atoms with Gasteiger partial charge in [0.2, 0.25) is 0 Å². The van der Waals surface area contributed by atoms with Crippen LogP contribution in [-0.2, 0) is 11.3 Å². The van der Waals surface area contributed by atoms with E-state index in [-0.39, 0.29) is 11.9 Å². The fourth-order valence-electron chi connectivity index (χ4n) is 1.54. The second-order valence-corrected chi connectivity index (χ2v) is 4.46. The Bertz CT molecular complexity index is 335. The molecule has 3 nitrogen and oxygen atoms in total. The molecule has 0 fully saturated rings. The number of hydrogen-bond acceptors (Lipinski definition) is 3. The lowest BCUT2D eigenvalue weighted by molar-refractivity contribution is 0.0625. The van der Waals surface area contributed by atoms with Crippen LogP contribution in [0.25, 0.3) is 0 Å². The molecule has 0 aliphatic rings. The molecule has 0 spiro atoms. The molecule has 0 aliphatic heterocycles. The average Bonchev–Trinajstić information content (AvgIpc) is 2.23. The van der Waals surface area contributed by atoms with Gasteiger partial charge in [0.15, 0.2) is 0 Å². The minimum atomic E-state index is -0.248. The molecule has 0 unspecified atom stereocenters. The first kappa shape index (κ1) is 13.9. The van der Waals surface area contributed by atoms with Crippen molar-refractivity contribution in [3.05, 3.63) is 29.6 Å². The van der Waals surface area contributed by atoms with Crippen LogP contribution in [0.1, 0.15) is 19.4 Å². The van der Waals surface area contributed by atoms with Crippen molar-refractivity contribution in [3.63, 3.8) is 0 Å². The maximum absolute atomic E-state index is 13.5. The number of nitrogens with zero attached hydrogens (tertiary/aromatic N) is 1. The number of benzene rings is 1. The van der Waals surface area contributed by atoms with Crippen LogP contribution in [0.5, 0.6) is 0 Å². The Morgan fingerprint density at radius 1 is 1.41 bits per heavy atom. The molecule has 4 heteroatoms. The normalized spacial score (nSPS) is 11.4. The number of nitrogens with two attached hydrogens (primary N) is 1. The van der Waals surface area contributed by atoms with E-state index in [0.29, 0.717) is 24.4 Å². The smallest absolute Gasteiger partial charge is 0.129 e. The summed E-state index contributed by atoms with van der Waals surface area (Å²) in [4.78, 5) is 2.00. The number of rotatable bonds is 6. The Morgan fingerprint density at radius 2 is 2.12 bits per heavy atom. The van der Waals surface area contributed by atoms with E-state index >= 15 is 0 Å². The molecular weight excluding hydrogens is 219 g/mol. The molecule has 0 amide bonds. The van der Waals surface area contributed by atoms with Gasteiger partial charge in [-0.15, -0.1) is 0 Å². The van der Waals surface area contributed by atoms with Crippen molar-refractivity contribution in [3.8, 4) is 0 Å². The number of hydrogen-bond donors (Lipinski definition) is 1. The van der Waals surface area contributed by atoms with Crippen LogP contribution in [-0.4, -0.2) is 31.2 Å². The summed E-state index contributed by atoms with van der Waals surface area (Å²) in [5, 5.41) is 0. The molecule has 17 heavy (non-hydrogen) atoms. The molecule has 0 aliphatic carbocycles. The molecule has 1 aromatic rings. The summed E-state index contributed by atoms with van der Waals surface area (Å²) in [5.41, 5.74) is 6.81. The van der Waals surface area contributed by atoms with Crippen molar-refractivity contribution in [2.75, 3.05) is 25.9 Å². The summed E-state index contributed by atoms with van der Waals surface area (Å²) in [5.74, 6) is -0.248. The monoisotopic (exact) mass is 240 g/mol. The van der Waals surface area contributed by atoms with Gasteiger partial charge in [0, 0.05) is 24.3 Å². The van der Waals surface area contributed by atoms with Gasteiger partial charge in [-0.1, -0.05) is 6.07 Å². The third-order valence-corrected chi connectivity index (χ3v) is 2.51. The van der Waals surface area contributed by atoms with Crippen molar-refractivity contribution in [1.82, 2.24) is 4.90 Å². The standard InChI is InChI=1S/C13H21FN2O/c1-10(2)17-8-7-16(3)9-11-12(14)5-4-6-13(11)15/h4-6,10H,7-9,15H2,1-3H3. The van der Waals surface area contributed by atoms with Gasteiger partial charge in [-0.25, -0.2) is 4.39 Å². The summed E-state index contributed by atoms with van der Waals surface area (Å²) in [6.07, 6.45) is 0.224. The summed E-state index contributed by atoms with van der Waals surface area (Å²) in [6.45, 7) is 5.89. The maximum atomic E-state index is 13.5. The first-order valence-corrected chi connectivity index (χ1v) is 5.83. The fraction of sp³-hybridized carbons (Fsp3) is 0.538. The van der Waals surface area contributed by atoms with Gasteiger partial charge in [-0.05, 0) is 33.0 Å². The Labute approximate surface area is 102 Å². The van der Waals surface area contributed by atoms with Crippen LogP contribution in [0.3, 0.4) is 0 Å². The quantitative estimate of drug-likeness (QED) is 0.775. The van der Waals surface area contributed by atoms with Gasteiger partial charge in [0.1, 0.15) is 5.82 Å². The topological polar surface area (TPSA) is 38.5 Å². The Kier molecular flexibility index (Phi) is 5.38. The molecule has 0 atom stereocenters. The highest BCUT2D eigenvalue weighted by Crippen LogP contribution is 2.17. The van der Waals surface area contributed by atoms with Crippen LogP contribution >= 0.6 is 0 Å². The van der Waals surface area contributed by atoms with Gasteiger partial charge in [0.25, 0.3) is 0 Å². The summed E-state index contributed by atoms with van der Waals surface area (Å²) in [6, 6.07) is 4.77. The van der Waals surface area contributed by atoms with E-state index in [1.54, 1.807) is 12.1 Å². The zero-order valence-electron chi connectivity index (χ0n) is 10.7. The predicted molar refractivity (Wildman–Crippen MR) is 68.2 cm³/mol. The lowest BCUT2D eigenvalue weighted by atomic mass is 10.1. The van der Waals surface area contributed by atoms with Gasteiger partial charge < -0.3 is 10.5 Å². The molecule has 2 N–H and O–H groups in total. The minimum Gasteiger partial charge on any atom is -0.398 e. The number of nitrogen functional groups attached to an aromatic ring is 1. The molecular formula is C13H21FN2O. The van der Waals surface area contributed by atoms with E-state index in [1.807, 2.05) is 25.8 Å². The van der Waals surface area contributed by atoms with Gasteiger partial charge >= 0.3 is 0 Å². The van der Waals surface area contributed by atoms with Crippen molar-refractivity contribution in [2.24, 2.45) is 0 Å². The second kappa shape index (κ2) is 6.57. The third-order valence-electron chi connectivity index (χ3n) is 2.51. The largest absolute Gasteiger partial charge is 0.398 e. The Morgan fingerprint density at radius 3 is 2.71 bits per heavy atom. The maximum Gasteiger partial charge on any atom is 0.129 e. The number of halogens is 1. The first-order valence-electron chi connectivity index (χ1n) is 5.83. The van der Waals surface area contributed by atoms with Crippen LogP contribution in [0.15, 0.2) is 18.2 Å². The van der Waals surface area contributed by atoms with E-state index in [1.165, 1.54) is 6.07 Å². The molecule has 0 aromatic heterocycles. The van der Waals surface area contributed by atoms with E-state index in [0.717, 1.165) is 6.54 Å². The summed E-state index contributed by atoms with van der Waals surface area (Å²) >= 11 is 0. The minimum absolute atomic E-state index is 0.224. The third kappa shape index (κ3) is 4.71. The van der Waals surface area contributed by atoms with Crippen molar-refractivity contribution in [2.45, 2.75) is 26.5 Å². The van der Waals surface area contributed by atoms with Crippen LogP contribution < -0.4 is 5.73 Å². The number of anilines is 1. The SMILES string of the molecule is CC(C)OCCN(C)Cc1c(N)cccc1F. The molecule has 0 bridgehead atoms. The zero-order chi connectivity index (χ0) is 12.8. The zero-order valence-corrected chi connectivity index (χ0v) is 10.7. The molecule has 0 heterocycles. The number of ether oxygens (including phenoxy) is 1. The second-order valence-electron chi connectivity index (χ2n) is 4.46. The molecule has 1 rings (SSSR count). The number of likely N-dealkylation sites (N-methyl/N-ethyl adjacent to an activating group) is 1. The summed E-state index contributed by atoms with van der Waals surface area (Å²) in [7, 11) is 1.93. The lowest BCUT2D eigenvalue weighted by Gasteiger charge is -2.19. The van der Waals surface area contributed by atoms with Gasteiger partial charge in [-0.3, -0.25) is 4.90 Å². The van der Waals surface area contributed by atoms with Gasteiger partial charge in [0.05, 0.1) is 12.7 Å². The fourth-order valence-corrected chi connectivity index (χ4v) is 1.54. The molecule has 0 radical (unpaired) electrons. The van der Waals surface area contributed by atoms with E-state index < -0.39 is 0 Å². The van der Waals surface area contributed by atoms with E-state index in [2.05, 4.69) is 0 Å². The van der Waals surface area contributed by atoms with Crippen LogP contribution in [0, 0.1) is 5.82 Å². The molecule has 0 saturated heterocycles. The van der Waals surface area contributed by atoms with Crippen LogP contribution in [0.2, 0.25) is 0 Å². The van der Waals surface area contributed by atoms with Crippen molar-refractivity contribution < 1.29 is 9.13 Å². The molecule has 0 saturated carbocycles. The Hall–Kier alpha value is -1.13. The van der Waals surface area contributed by atoms with Crippen LogP contribution in [0.4, 0.5) is 10.1 Å². The molecule has 1 aromatic carbocycles. The molecule has 96 valence electrons. The van der Waals surface area contributed by atoms with E-state index in [4.69, 9.17) is 10.5 Å². The van der Waals surface area contributed by atoms with Crippen molar-refractivity contribution in [1.29, 1.82) is 0 Å².